The molecule has 11 rings (SSSR count). The van der Waals surface area contributed by atoms with Crippen LogP contribution in [0.4, 0.5) is 17.1 Å². The van der Waals surface area contributed by atoms with E-state index in [9.17, 15) is 0 Å². The monoisotopic (exact) mass is 692 g/mol. The van der Waals surface area contributed by atoms with Crippen molar-refractivity contribution in [3.8, 4) is 16.8 Å². The van der Waals surface area contributed by atoms with Gasteiger partial charge in [-0.15, -0.1) is 11.3 Å². The fourth-order valence-electron chi connectivity index (χ4n) is 8.32. The van der Waals surface area contributed by atoms with Crippen molar-refractivity contribution >= 4 is 91.9 Å². The summed E-state index contributed by atoms with van der Waals surface area (Å²) in [6.07, 6.45) is 0. The normalized spacial score (nSPS) is 11.8. The third-order valence-corrected chi connectivity index (χ3v) is 11.9. The molecular formula is C50H32N2S. The highest BCUT2D eigenvalue weighted by Crippen LogP contribution is 2.45. The topological polar surface area (TPSA) is 8.17 Å². The smallest absolute Gasteiger partial charge is 0.0541 e. The fourth-order valence-corrected chi connectivity index (χ4v) is 9.41. The van der Waals surface area contributed by atoms with Crippen LogP contribution in [0.2, 0.25) is 0 Å². The lowest BCUT2D eigenvalue weighted by Gasteiger charge is -2.28. The number of hydrogen-bond donors (Lipinski definition) is 0. The molecule has 0 unspecified atom stereocenters. The Balaban J connectivity index is 1.13. The summed E-state index contributed by atoms with van der Waals surface area (Å²) in [5.74, 6) is 0. The first kappa shape index (κ1) is 30.0. The predicted molar refractivity (Wildman–Crippen MR) is 229 cm³/mol. The van der Waals surface area contributed by atoms with E-state index in [2.05, 4.69) is 204 Å². The molecule has 53 heavy (non-hydrogen) atoms. The van der Waals surface area contributed by atoms with Gasteiger partial charge < -0.3 is 9.47 Å². The molecule has 2 heterocycles. The van der Waals surface area contributed by atoms with Crippen LogP contribution in [0, 0.1) is 0 Å². The minimum atomic E-state index is 1.13. The average molecular weight is 693 g/mol. The third-order valence-electron chi connectivity index (χ3n) is 10.7. The highest BCUT2D eigenvalue weighted by molar-refractivity contribution is 7.25. The minimum Gasteiger partial charge on any atom is -0.310 e. The molecule has 0 saturated carbocycles. The number of thiophene rings is 1. The fraction of sp³-hybridized carbons (Fsp3) is 0. The Morgan fingerprint density at radius 3 is 1.92 bits per heavy atom. The molecule has 0 fully saturated rings. The second kappa shape index (κ2) is 11.9. The van der Waals surface area contributed by atoms with Crippen molar-refractivity contribution in [2.75, 3.05) is 4.90 Å². The van der Waals surface area contributed by atoms with E-state index in [1.165, 1.54) is 80.3 Å². The Morgan fingerprint density at radius 1 is 0.377 bits per heavy atom. The molecule has 0 bridgehead atoms. The molecule has 2 aromatic heterocycles. The molecule has 248 valence electrons. The van der Waals surface area contributed by atoms with Gasteiger partial charge in [-0.3, -0.25) is 0 Å². The molecule has 0 amide bonds. The number of rotatable bonds is 5. The van der Waals surface area contributed by atoms with Crippen molar-refractivity contribution in [1.29, 1.82) is 0 Å². The van der Waals surface area contributed by atoms with Crippen LogP contribution in [-0.4, -0.2) is 4.57 Å². The quantitative estimate of drug-likeness (QED) is 0.174. The second-order valence-electron chi connectivity index (χ2n) is 13.7. The lowest BCUT2D eigenvalue weighted by molar-refractivity contribution is 1.18. The van der Waals surface area contributed by atoms with Gasteiger partial charge in [-0.05, 0) is 100 Å². The van der Waals surface area contributed by atoms with E-state index in [0.717, 1.165) is 17.1 Å². The molecule has 9 aromatic carbocycles. The van der Waals surface area contributed by atoms with Crippen molar-refractivity contribution in [2.24, 2.45) is 0 Å². The number of aromatic nitrogens is 1. The molecule has 0 aliphatic rings. The van der Waals surface area contributed by atoms with Crippen molar-refractivity contribution < 1.29 is 0 Å². The number of fused-ring (bicyclic) bond motifs is 8. The Hall–Kier alpha value is -6.68. The maximum Gasteiger partial charge on any atom is 0.0541 e. The van der Waals surface area contributed by atoms with Crippen molar-refractivity contribution in [3.63, 3.8) is 0 Å². The van der Waals surface area contributed by atoms with E-state index in [1.807, 2.05) is 11.3 Å². The van der Waals surface area contributed by atoms with E-state index in [4.69, 9.17) is 0 Å². The Bertz CT molecular complexity index is 3190. The molecule has 0 aliphatic heterocycles. The zero-order chi connectivity index (χ0) is 34.9. The summed E-state index contributed by atoms with van der Waals surface area (Å²) in [5.41, 5.74) is 9.46. The van der Waals surface area contributed by atoms with Gasteiger partial charge in [0.25, 0.3) is 0 Å². The van der Waals surface area contributed by atoms with Gasteiger partial charge >= 0.3 is 0 Å². The van der Waals surface area contributed by atoms with Crippen molar-refractivity contribution in [3.05, 3.63) is 194 Å². The van der Waals surface area contributed by atoms with Gasteiger partial charge in [-0.1, -0.05) is 121 Å². The molecular weight excluding hydrogens is 661 g/mol. The molecule has 2 nitrogen and oxygen atoms in total. The summed E-state index contributed by atoms with van der Waals surface area (Å²) in [6.45, 7) is 0. The zero-order valence-electron chi connectivity index (χ0n) is 28.8. The number of para-hydroxylation sites is 2. The number of nitrogens with zero attached hydrogens (tertiary/aromatic N) is 2. The van der Waals surface area contributed by atoms with Crippen LogP contribution in [0.5, 0.6) is 0 Å². The number of hydrogen-bond acceptors (Lipinski definition) is 2. The summed E-state index contributed by atoms with van der Waals surface area (Å²) < 4.78 is 5.00. The van der Waals surface area contributed by atoms with Gasteiger partial charge in [-0.2, -0.15) is 0 Å². The van der Waals surface area contributed by atoms with E-state index < -0.39 is 0 Å². The Labute approximate surface area is 311 Å². The third kappa shape index (κ3) is 4.78. The standard InChI is InChI=1S/C50H32N2S/c1-2-14-36(15-3-1)52-46-20-10-8-18-42(46)44-31-35(23-27-48(44)52)39-26-28-47(41-17-7-6-16-40(39)41)51(37-24-22-33-12-4-5-13-34(33)30-37)38-25-29-50-45(32-38)43-19-9-11-21-49(43)53-50/h1-32H. The first-order valence-electron chi connectivity index (χ1n) is 18.1. The minimum absolute atomic E-state index is 1.13. The maximum atomic E-state index is 2.45. The lowest BCUT2D eigenvalue weighted by Crippen LogP contribution is -2.10. The highest BCUT2D eigenvalue weighted by Gasteiger charge is 2.20. The van der Waals surface area contributed by atoms with Crippen LogP contribution >= 0.6 is 11.3 Å². The SMILES string of the molecule is c1ccc(-n2c3ccccc3c3cc(-c4ccc(N(c5ccc6ccccc6c5)c5ccc6sc7ccccc7c6c5)c5ccccc45)ccc32)cc1. The van der Waals surface area contributed by atoms with Crippen LogP contribution in [0.3, 0.4) is 0 Å². The average Bonchev–Trinajstić information content (AvgIpc) is 3.76. The van der Waals surface area contributed by atoms with Gasteiger partial charge in [0.15, 0.2) is 0 Å². The Morgan fingerprint density at radius 2 is 1.04 bits per heavy atom. The predicted octanol–water partition coefficient (Wildman–Crippen LogP) is 14.6. The Kier molecular flexibility index (Phi) is 6.76. The molecule has 0 atom stereocenters. The summed E-state index contributed by atoms with van der Waals surface area (Å²) >= 11 is 1.86. The van der Waals surface area contributed by atoms with Crippen LogP contribution in [0.25, 0.3) is 80.3 Å². The van der Waals surface area contributed by atoms with Crippen LogP contribution in [0.15, 0.2) is 194 Å². The zero-order valence-corrected chi connectivity index (χ0v) is 29.6. The molecule has 0 radical (unpaired) electrons. The van der Waals surface area contributed by atoms with Crippen LogP contribution in [0.1, 0.15) is 0 Å². The van der Waals surface area contributed by atoms with Gasteiger partial charge in [-0.25, -0.2) is 0 Å². The van der Waals surface area contributed by atoms with Crippen molar-refractivity contribution in [2.45, 2.75) is 0 Å². The summed E-state index contributed by atoms with van der Waals surface area (Å²) in [6, 6.07) is 71.1. The van der Waals surface area contributed by atoms with E-state index in [0.29, 0.717) is 0 Å². The van der Waals surface area contributed by atoms with E-state index in [1.54, 1.807) is 0 Å². The molecule has 0 saturated heterocycles. The molecule has 3 heteroatoms. The molecule has 0 N–H and O–H groups in total. The highest BCUT2D eigenvalue weighted by atomic mass is 32.1. The van der Waals surface area contributed by atoms with Crippen molar-refractivity contribution in [1.82, 2.24) is 4.57 Å². The van der Waals surface area contributed by atoms with E-state index >= 15 is 0 Å². The number of benzene rings is 9. The lowest BCUT2D eigenvalue weighted by atomic mass is 9.95. The largest absolute Gasteiger partial charge is 0.310 e. The molecule has 11 aromatic rings. The second-order valence-corrected chi connectivity index (χ2v) is 14.8. The molecule has 0 aliphatic carbocycles. The van der Waals surface area contributed by atoms with Crippen LogP contribution in [-0.2, 0) is 0 Å². The maximum absolute atomic E-state index is 2.45. The summed E-state index contributed by atoms with van der Waals surface area (Å²) in [7, 11) is 0. The number of anilines is 3. The van der Waals surface area contributed by atoms with Gasteiger partial charge in [0.2, 0.25) is 0 Å². The van der Waals surface area contributed by atoms with Gasteiger partial charge in [0.1, 0.15) is 0 Å². The van der Waals surface area contributed by atoms with Gasteiger partial charge in [0, 0.05) is 53.4 Å². The first-order valence-corrected chi connectivity index (χ1v) is 18.9. The van der Waals surface area contributed by atoms with Gasteiger partial charge in [0.05, 0.1) is 16.7 Å². The van der Waals surface area contributed by atoms with E-state index in [-0.39, 0.29) is 0 Å². The van der Waals surface area contributed by atoms with Crippen LogP contribution < -0.4 is 4.90 Å². The summed E-state index contributed by atoms with van der Waals surface area (Å²) in [4.78, 5) is 2.45. The summed E-state index contributed by atoms with van der Waals surface area (Å²) in [5, 5.41) is 10.00. The first-order chi connectivity index (χ1) is 26.3. The molecule has 0 spiro atoms.